The minimum Gasteiger partial charge on any atom is -0.478 e. The molecule has 0 saturated heterocycles. The smallest absolute Gasteiger partial charge is 0.339 e. The Labute approximate surface area is 107 Å². The van der Waals surface area contributed by atoms with Crippen molar-refractivity contribution in [3.05, 3.63) is 58.4 Å². The molecule has 0 spiro atoms. The highest BCUT2D eigenvalue weighted by molar-refractivity contribution is 5.90. The van der Waals surface area contributed by atoms with Gasteiger partial charge in [-0.05, 0) is 12.1 Å². The van der Waals surface area contributed by atoms with Crippen molar-refractivity contribution in [3.8, 4) is 11.5 Å². The summed E-state index contributed by atoms with van der Waals surface area (Å²) < 4.78 is 5.28. The van der Waals surface area contributed by atoms with Gasteiger partial charge in [-0.1, -0.05) is 12.1 Å². The summed E-state index contributed by atoms with van der Waals surface area (Å²) in [5, 5.41) is 19.8. The second kappa shape index (κ2) is 5.13. The summed E-state index contributed by atoms with van der Waals surface area (Å²) in [5.74, 6) is -1.29. The summed E-state index contributed by atoms with van der Waals surface area (Å²) in [4.78, 5) is 24.9. The van der Waals surface area contributed by atoms with E-state index in [1.54, 1.807) is 6.07 Å². The van der Waals surface area contributed by atoms with E-state index in [4.69, 9.17) is 9.84 Å². The molecule has 1 aromatic carbocycles. The molecule has 0 saturated carbocycles. The second-order valence-corrected chi connectivity index (χ2v) is 3.50. The number of hydrogen-bond acceptors (Lipinski definition) is 5. The molecule has 0 aliphatic heterocycles. The fraction of sp³-hybridized carbons (Fsp3) is 0. The average molecular weight is 260 g/mol. The largest absolute Gasteiger partial charge is 0.478 e. The maximum atomic E-state index is 11.0. The Morgan fingerprint density at radius 3 is 2.68 bits per heavy atom. The topological polar surface area (TPSA) is 103 Å². The van der Waals surface area contributed by atoms with Crippen LogP contribution in [0.25, 0.3) is 0 Å². The highest BCUT2D eigenvalue weighted by Gasteiger charge is 2.18. The maximum absolute atomic E-state index is 11.0. The van der Waals surface area contributed by atoms with Gasteiger partial charge in [-0.3, -0.25) is 15.1 Å². The van der Waals surface area contributed by atoms with Gasteiger partial charge in [-0.15, -0.1) is 0 Å². The number of nitro groups is 1. The van der Waals surface area contributed by atoms with Crippen molar-refractivity contribution in [1.82, 2.24) is 4.98 Å². The molecule has 0 radical (unpaired) electrons. The molecular formula is C12H8N2O5. The minimum atomic E-state index is -1.20. The van der Waals surface area contributed by atoms with Crippen LogP contribution in [0.3, 0.4) is 0 Å². The first-order valence-electron chi connectivity index (χ1n) is 5.18. The first-order chi connectivity index (χ1) is 9.09. The van der Waals surface area contributed by atoms with Crippen LogP contribution in [0.1, 0.15) is 10.4 Å². The Bertz CT molecular complexity index is 586. The van der Waals surface area contributed by atoms with E-state index in [0.717, 1.165) is 0 Å². The number of nitrogens with zero attached hydrogens (tertiary/aromatic N) is 2. The lowest BCUT2D eigenvalue weighted by atomic mass is 10.2. The number of hydrogen-bond donors (Lipinski definition) is 1. The number of rotatable bonds is 4. The molecule has 0 atom stereocenters. The third kappa shape index (κ3) is 2.65. The van der Waals surface area contributed by atoms with Crippen LogP contribution in [-0.4, -0.2) is 21.0 Å². The third-order valence-electron chi connectivity index (χ3n) is 2.30. The SMILES string of the molecule is O=C(O)c1ccncc1Oc1ccccc1[N+](=O)[O-]. The van der Waals surface area contributed by atoms with Crippen LogP contribution >= 0.6 is 0 Å². The molecule has 19 heavy (non-hydrogen) atoms. The fourth-order valence-corrected chi connectivity index (χ4v) is 1.45. The molecule has 1 N–H and O–H groups in total. The Morgan fingerprint density at radius 2 is 2.00 bits per heavy atom. The molecule has 0 aliphatic carbocycles. The number of carboxylic acid groups (broad SMARTS) is 1. The van der Waals surface area contributed by atoms with Crippen molar-refractivity contribution < 1.29 is 19.6 Å². The lowest BCUT2D eigenvalue weighted by Gasteiger charge is -2.07. The van der Waals surface area contributed by atoms with E-state index in [-0.39, 0.29) is 22.7 Å². The molecule has 0 fully saturated rings. The lowest BCUT2D eigenvalue weighted by Crippen LogP contribution is -2.01. The molecular weight excluding hydrogens is 252 g/mol. The number of nitro benzene ring substituents is 1. The van der Waals surface area contributed by atoms with Crippen LogP contribution in [0.2, 0.25) is 0 Å². The monoisotopic (exact) mass is 260 g/mol. The molecule has 0 amide bonds. The van der Waals surface area contributed by atoms with Crippen LogP contribution in [-0.2, 0) is 0 Å². The molecule has 1 aromatic heterocycles. The number of aromatic nitrogens is 1. The molecule has 0 aliphatic rings. The fourth-order valence-electron chi connectivity index (χ4n) is 1.45. The van der Waals surface area contributed by atoms with Gasteiger partial charge < -0.3 is 9.84 Å². The van der Waals surface area contributed by atoms with Crippen molar-refractivity contribution in [2.45, 2.75) is 0 Å². The molecule has 96 valence electrons. The van der Waals surface area contributed by atoms with Gasteiger partial charge in [-0.2, -0.15) is 0 Å². The van der Waals surface area contributed by atoms with E-state index in [2.05, 4.69) is 4.98 Å². The number of pyridine rings is 1. The predicted molar refractivity (Wildman–Crippen MR) is 64.4 cm³/mol. The van der Waals surface area contributed by atoms with Gasteiger partial charge in [0.15, 0.2) is 5.75 Å². The van der Waals surface area contributed by atoms with Gasteiger partial charge in [0.05, 0.1) is 11.1 Å². The third-order valence-corrected chi connectivity index (χ3v) is 2.30. The quantitative estimate of drug-likeness (QED) is 0.669. The molecule has 7 heteroatoms. The standard InChI is InChI=1S/C12H8N2O5/c15-12(16)8-5-6-13-7-11(8)19-10-4-2-1-3-9(10)14(17)18/h1-7H,(H,15,16). The second-order valence-electron chi connectivity index (χ2n) is 3.50. The summed E-state index contributed by atoms with van der Waals surface area (Å²) in [7, 11) is 0. The Balaban J connectivity index is 2.42. The van der Waals surface area contributed by atoms with Crippen LogP contribution < -0.4 is 4.74 Å². The Kier molecular flexibility index (Phi) is 3.37. The van der Waals surface area contributed by atoms with Crippen LogP contribution in [0, 0.1) is 10.1 Å². The number of para-hydroxylation sites is 2. The summed E-state index contributed by atoms with van der Waals surface area (Å²) in [6, 6.07) is 6.96. The molecule has 1 heterocycles. The van der Waals surface area contributed by atoms with E-state index >= 15 is 0 Å². The normalized spacial score (nSPS) is 9.89. The van der Waals surface area contributed by atoms with Gasteiger partial charge in [0.2, 0.25) is 5.75 Å². The van der Waals surface area contributed by atoms with E-state index in [1.165, 1.54) is 36.7 Å². The van der Waals surface area contributed by atoms with Crippen molar-refractivity contribution in [1.29, 1.82) is 0 Å². The first kappa shape index (κ1) is 12.5. The summed E-state index contributed by atoms with van der Waals surface area (Å²) >= 11 is 0. The summed E-state index contributed by atoms with van der Waals surface area (Å²) in [5.41, 5.74) is -0.365. The highest BCUT2D eigenvalue weighted by Crippen LogP contribution is 2.31. The van der Waals surface area contributed by atoms with Gasteiger partial charge >= 0.3 is 11.7 Å². The van der Waals surface area contributed by atoms with Crippen molar-refractivity contribution >= 4 is 11.7 Å². The van der Waals surface area contributed by atoms with Crippen LogP contribution in [0.4, 0.5) is 5.69 Å². The van der Waals surface area contributed by atoms with Crippen LogP contribution in [0.5, 0.6) is 11.5 Å². The minimum absolute atomic E-state index is 0.0389. The van der Waals surface area contributed by atoms with Gasteiger partial charge in [0.1, 0.15) is 5.56 Å². The Morgan fingerprint density at radius 1 is 1.26 bits per heavy atom. The van der Waals surface area contributed by atoms with E-state index in [0.29, 0.717) is 0 Å². The average Bonchev–Trinajstić information content (AvgIpc) is 2.39. The van der Waals surface area contributed by atoms with Gasteiger partial charge in [-0.25, -0.2) is 4.79 Å². The molecule has 7 nitrogen and oxygen atoms in total. The number of carboxylic acids is 1. The molecule has 2 rings (SSSR count). The molecule has 0 unspecified atom stereocenters. The van der Waals surface area contributed by atoms with Crippen molar-refractivity contribution in [3.63, 3.8) is 0 Å². The number of aromatic carboxylic acids is 1. The van der Waals surface area contributed by atoms with E-state index in [9.17, 15) is 14.9 Å². The summed E-state index contributed by atoms with van der Waals surface area (Å²) in [6.07, 6.45) is 2.50. The zero-order chi connectivity index (χ0) is 13.8. The van der Waals surface area contributed by atoms with E-state index < -0.39 is 10.9 Å². The van der Waals surface area contributed by atoms with E-state index in [1.807, 2.05) is 0 Å². The zero-order valence-corrected chi connectivity index (χ0v) is 9.52. The van der Waals surface area contributed by atoms with Gasteiger partial charge in [0.25, 0.3) is 0 Å². The predicted octanol–water partition coefficient (Wildman–Crippen LogP) is 2.48. The molecule has 0 bridgehead atoms. The first-order valence-corrected chi connectivity index (χ1v) is 5.18. The summed E-state index contributed by atoms with van der Waals surface area (Å²) in [6.45, 7) is 0. The highest BCUT2D eigenvalue weighted by atomic mass is 16.6. The lowest BCUT2D eigenvalue weighted by molar-refractivity contribution is -0.385. The number of carbonyl (C=O) groups is 1. The zero-order valence-electron chi connectivity index (χ0n) is 9.52. The van der Waals surface area contributed by atoms with Gasteiger partial charge in [0, 0.05) is 12.3 Å². The number of ether oxygens (including phenoxy) is 1. The molecule has 2 aromatic rings. The van der Waals surface area contributed by atoms with Crippen molar-refractivity contribution in [2.24, 2.45) is 0 Å². The van der Waals surface area contributed by atoms with Crippen molar-refractivity contribution in [2.75, 3.05) is 0 Å². The van der Waals surface area contributed by atoms with Crippen LogP contribution in [0.15, 0.2) is 42.7 Å². The Hall–Kier alpha value is -2.96. The number of benzene rings is 1. The maximum Gasteiger partial charge on any atom is 0.339 e.